The molecule has 0 radical (unpaired) electrons. The maximum absolute atomic E-state index is 5.43. The summed E-state index contributed by atoms with van der Waals surface area (Å²) in [5.41, 5.74) is 1.54. The molecule has 0 fully saturated rings. The lowest BCUT2D eigenvalue weighted by atomic mass is 10.3. The fourth-order valence-electron chi connectivity index (χ4n) is 1.11. The minimum atomic E-state index is 0.818. The van der Waals surface area contributed by atoms with E-state index in [9.17, 15) is 0 Å². The van der Waals surface area contributed by atoms with Gasteiger partial charge in [0.1, 0.15) is 5.82 Å². The first-order chi connectivity index (χ1) is 5.88. The van der Waals surface area contributed by atoms with Crippen molar-refractivity contribution in [2.75, 3.05) is 0 Å². The summed E-state index contributed by atoms with van der Waals surface area (Å²) < 4.78 is 2.10. The van der Waals surface area contributed by atoms with Crippen LogP contribution in [0.2, 0.25) is 0 Å². The van der Waals surface area contributed by atoms with Gasteiger partial charge in [-0.2, -0.15) is 0 Å². The lowest BCUT2D eigenvalue weighted by molar-refractivity contribution is 0.717. The van der Waals surface area contributed by atoms with Crippen LogP contribution in [0, 0.1) is 0 Å². The standard InChI is InChI=1S/C9H13ClN2/c1-2-4-9-11-6-8-12(9)7-3-5-10/h3,5-6,8H,2,4,7H2,1H3. The second-order valence-electron chi connectivity index (χ2n) is 2.61. The largest absolute Gasteiger partial charge is 0.331 e. The van der Waals surface area contributed by atoms with Crippen LogP contribution in [0.25, 0.3) is 0 Å². The smallest absolute Gasteiger partial charge is 0.108 e. The first-order valence-corrected chi connectivity index (χ1v) is 4.57. The molecule has 1 aromatic rings. The Morgan fingerprint density at radius 2 is 2.50 bits per heavy atom. The number of hydrogen-bond acceptors (Lipinski definition) is 1. The van der Waals surface area contributed by atoms with E-state index < -0.39 is 0 Å². The molecule has 0 saturated heterocycles. The summed E-state index contributed by atoms with van der Waals surface area (Å²) in [4.78, 5) is 4.24. The molecule has 0 atom stereocenters. The summed E-state index contributed by atoms with van der Waals surface area (Å²) in [6.45, 7) is 2.97. The van der Waals surface area contributed by atoms with Gasteiger partial charge in [-0.25, -0.2) is 4.98 Å². The highest BCUT2D eigenvalue weighted by atomic mass is 35.5. The van der Waals surface area contributed by atoms with Crippen molar-refractivity contribution in [3.63, 3.8) is 0 Å². The van der Waals surface area contributed by atoms with Gasteiger partial charge >= 0.3 is 0 Å². The second-order valence-corrected chi connectivity index (χ2v) is 2.86. The third kappa shape index (κ3) is 2.38. The number of hydrogen-bond donors (Lipinski definition) is 0. The van der Waals surface area contributed by atoms with Gasteiger partial charge < -0.3 is 4.57 Å². The average Bonchev–Trinajstić information content (AvgIpc) is 2.50. The Morgan fingerprint density at radius 1 is 1.67 bits per heavy atom. The Kier molecular flexibility index (Phi) is 3.88. The number of rotatable bonds is 4. The summed E-state index contributed by atoms with van der Waals surface area (Å²) >= 11 is 5.43. The Hall–Kier alpha value is -0.760. The van der Waals surface area contributed by atoms with Crippen LogP contribution in [0.15, 0.2) is 24.0 Å². The van der Waals surface area contributed by atoms with Crippen LogP contribution in [0.3, 0.4) is 0 Å². The molecule has 1 rings (SSSR count). The van der Waals surface area contributed by atoms with Gasteiger partial charge in [0.2, 0.25) is 0 Å². The SMILES string of the molecule is CCCc1nccn1CC=CCl. The number of aromatic nitrogens is 2. The second kappa shape index (κ2) is 4.99. The van der Waals surface area contributed by atoms with Crippen molar-refractivity contribution >= 4 is 11.6 Å². The van der Waals surface area contributed by atoms with E-state index in [1.54, 1.807) is 0 Å². The Bertz CT molecular complexity index is 253. The van der Waals surface area contributed by atoms with E-state index >= 15 is 0 Å². The van der Waals surface area contributed by atoms with Crippen molar-refractivity contribution in [2.24, 2.45) is 0 Å². The van der Waals surface area contributed by atoms with E-state index in [2.05, 4.69) is 16.5 Å². The highest BCUT2D eigenvalue weighted by Gasteiger charge is 1.97. The molecular weight excluding hydrogens is 172 g/mol. The molecule has 1 aromatic heterocycles. The molecule has 1 heterocycles. The van der Waals surface area contributed by atoms with Gasteiger partial charge in [-0.3, -0.25) is 0 Å². The van der Waals surface area contributed by atoms with Crippen LogP contribution in [-0.4, -0.2) is 9.55 Å². The Labute approximate surface area is 77.9 Å². The van der Waals surface area contributed by atoms with Crippen LogP contribution in [0.5, 0.6) is 0 Å². The number of aryl methyl sites for hydroxylation is 1. The predicted molar refractivity (Wildman–Crippen MR) is 51.2 cm³/mol. The van der Waals surface area contributed by atoms with Crippen molar-refractivity contribution in [1.82, 2.24) is 9.55 Å². The predicted octanol–water partition coefficient (Wildman–Crippen LogP) is 2.59. The Morgan fingerprint density at radius 3 is 3.17 bits per heavy atom. The molecule has 66 valence electrons. The number of nitrogens with zero attached hydrogens (tertiary/aromatic N) is 2. The molecule has 0 aromatic carbocycles. The van der Waals surface area contributed by atoms with E-state index in [1.165, 1.54) is 5.54 Å². The van der Waals surface area contributed by atoms with Crippen LogP contribution in [0.1, 0.15) is 19.2 Å². The summed E-state index contributed by atoms with van der Waals surface area (Å²) in [5, 5.41) is 0. The fraction of sp³-hybridized carbons (Fsp3) is 0.444. The van der Waals surface area contributed by atoms with Crippen molar-refractivity contribution in [2.45, 2.75) is 26.3 Å². The summed E-state index contributed by atoms with van der Waals surface area (Å²) in [5.74, 6) is 1.13. The van der Waals surface area contributed by atoms with Crippen molar-refractivity contribution in [1.29, 1.82) is 0 Å². The van der Waals surface area contributed by atoms with E-state index in [4.69, 9.17) is 11.6 Å². The summed E-state index contributed by atoms with van der Waals surface area (Å²) in [7, 11) is 0. The zero-order valence-corrected chi connectivity index (χ0v) is 7.96. The fourth-order valence-corrected chi connectivity index (χ4v) is 1.19. The number of allylic oxidation sites excluding steroid dienone is 1. The first-order valence-electron chi connectivity index (χ1n) is 4.13. The van der Waals surface area contributed by atoms with Gasteiger partial charge in [0.25, 0.3) is 0 Å². The molecule has 0 amide bonds. The minimum Gasteiger partial charge on any atom is -0.331 e. The number of imidazole rings is 1. The topological polar surface area (TPSA) is 17.8 Å². The van der Waals surface area contributed by atoms with Gasteiger partial charge in [0.15, 0.2) is 0 Å². The molecule has 0 bridgehead atoms. The van der Waals surface area contributed by atoms with Crippen LogP contribution < -0.4 is 0 Å². The maximum atomic E-state index is 5.43. The molecule has 0 aliphatic rings. The third-order valence-electron chi connectivity index (χ3n) is 1.67. The molecule has 0 N–H and O–H groups in total. The number of halogens is 1. The molecule has 2 nitrogen and oxygen atoms in total. The van der Waals surface area contributed by atoms with Crippen LogP contribution in [-0.2, 0) is 13.0 Å². The zero-order valence-electron chi connectivity index (χ0n) is 7.20. The molecule has 0 aliphatic heterocycles. The molecule has 0 aliphatic carbocycles. The Balaban J connectivity index is 2.63. The monoisotopic (exact) mass is 184 g/mol. The molecular formula is C9H13ClN2. The lowest BCUT2D eigenvalue weighted by Gasteiger charge is -2.02. The first kappa shape index (κ1) is 9.33. The van der Waals surface area contributed by atoms with Crippen molar-refractivity contribution < 1.29 is 0 Å². The molecule has 0 unspecified atom stereocenters. The maximum Gasteiger partial charge on any atom is 0.108 e. The highest BCUT2D eigenvalue weighted by molar-refractivity contribution is 6.25. The van der Waals surface area contributed by atoms with E-state index in [0.717, 1.165) is 25.2 Å². The molecule has 12 heavy (non-hydrogen) atoms. The molecule has 0 saturated carbocycles. The molecule has 0 spiro atoms. The minimum absolute atomic E-state index is 0.818. The van der Waals surface area contributed by atoms with Gasteiger partial charge in [-0.1, -0.05) is 24.6 Å². The zero-order chi connectivity index (χ0) is 8.81. The van der Waals surface area contributed by atoms with Crippen LogP contribution >= 0.6 is 11.6 Å². The lowest BCUT2D eigenvalue weighted by Crippen LogP contribution is -2.00. The normalized spacial score (nSPS) is 11.2. The third-order valence-corrected chi connectivity index (χ3v) is 1.84. The highest BCUT2D eigenvalue weighted by Crippen LogP contribution is 2.01. The average molecular weight is 185 g/mol. The van der Waals surface area contributed by atoms with E-state index in [-0.39, 0.29) is 0 Å². The van der Waals surface area contributed by atoms with Crippen molar-refractivity contribution in [3.05, 3.63) is 29.8 Å². The van der Waals surface area contributed by atoms with Crippen molar-refractivity contribution in [3.8, 4) is 0 Å². The molecule has 3 heteroatoms. The quantitative estimate of drug-likeness (QED) is 0.704. The van der Waals surface area contributed by atoms with E-state index in [0.29, 0.717) is 0 Å². The van der Waals surface area contributed by atoms with Crippen LogP contribution in [0.4, 0.5) is 0 Å². The van der Waals surface area contributed by atoms with Gasteiger partial charge in [-0.05, 0) is 6.42 Å². The summed E-state index contributed by atoms with van der Waals surface area (Å²) in [6, 6.07) is 0. The van der Waals surface area contributed by atoms with Gasteiger partial charge in [-0.15, -0.1) is 0 Å². The summed E-state index contributed by atoms with van der Waals surface area (Å²) in [6.07, 6.45) is 7.86. The van der Waals surface area contributed by atoms with Gasteiger partial charge in [0, 0.05) is 30.9 Å². The van der Waals surface area contributed by atoms with E-state index in [1.807, 2.05) is 18.5 Å². The van der Waals surface area contributed by atoms with Gasteiger partial charge in [0.05, 0.1) is 0 Å².